The summed E-state index contributed by atoms with van der Waals surface area (Å²) in [5, 5.41) is 0. The number of carbonyl (C=O) groups excluding carboxylic acids is 1. The van der Waals surface area contributed by atoms with Crippen LogP contribution in [-0.4, -0.2) is 5.78 Å². The minimum atomic E-state index is 0.404. The van der Waals surface area contributed by atoms with E-state index < -0.39 is 0 Å². The van der Waals surface area contributed by atoms with Crippen molar-refractivity contribution in [2.75, 3.05) is 0 Å². The van der Waals surface area contributed by atoms with Gasteiger partial charge in [0.2, 0.25) is 0 Å². The molecule has 0 aromatic carbocycles. The molecule has 0 amide bonds. The molecule has 1 saturated carbocycles. The molecule has 1 aliphatic carbocycles. The molecule has 1 rings (SSSR count). The summed E-state index contributed by atoms with van der Waals surface area (Å²) in [5.41, 5.74) is 1.11. The predicted molar refractivity (Wildman–Crippen MR) is 51.1 cm³/mol. The molecule has 12 heavy (non-hydrogen) atoms. The molecule has 0 heterocycles. The van der Waals surface area contributed by atoms with Crippen LogP contribution in [0.15, 0.2) is 11.6 Å². The van der Waals surface area contributed by atoms with Crippen molar-refractivity contribution in [2.24, 2.45) is 0 Å². The normalized spacial score (nSPS) is 22.8. The molecule has 1 nitrogen and oxygen atoms in total. The molecule has 0 aromatic heterocycles. The topological polar surface area (TPSA) is 17.1 Å². The van der Waals surface area contributed by atoms with E-state index in [1.165, 1.54) is 12.8 Å². The Bertz CT molecular complexity index is 179. The lowest BCUT2D eigenvalue weighted by Gasteiger charge is -1.99. The number of hydrogen-bond acceptors (Lipinski definition) is 1. The average Bonchev–Trinajstić information content (AvgIpc) is 2.27. The zero-order valence-corrected chi connectivity index (χ0v) is 7.94. The highest BCUT2D eigenvalue weighted by molar-refractivity contribution is 5.95. The summed E-state index contributed by atoms with van der Waals surface area (Å²) in [7, 11) is 0. The van der Waals surface area contributed by atoms with E-state index in [0.717, 1.165) is 37.7 Å². The van der Waals surface area contributed by atoms with E-state index in [4.69, 9.17) is 0 Å². The minimum Gasteiger partial charge on any atom is -0.295 e. The third-order valence-corrected chi connectivity index (χ3v) is 2.39. The van der Waals surface area contributed by atoms with Crippen LogP contribution >= 0.6 is 0 Å². The lowest BCUT2D eigenvalue weighted by Crippen LogP contribution is -1.99. The Kier molecular flexibility index (Phi) is 4.06. The van der Waals surface area contributed by atoms with Gasteiger partial charge in [-0.05, 0) is 31.3 Å². The minimum absolute atomic E-state index is 0.404. The molecule has 0 radical (unpaired) electrons. The SMILES string of the molecule is CCC/C=C1\CCCCCC1=O. The van der Waals surface area contributed by atoms with Crippen LogP contribution in [-0.2, 0) is 4.79 Å². The van der Waals surface area contributed by atoms with Crippen LogP contribution < -0.4 is 0 Å². The largest absolute Gasteiger partial charge is 0.295 e. The van der Waals surface area contributed by atoms with Crippen LogP contribution in [0.4, 0.5) is 0 Å². The van der Waals surface area contributed by atoms with E-state index in [2.05, 4.69) is 13.0 Å². The Morgan fingerprint density at radius 2 is 2.00 bits per heavy atom. The molecule has 0 bridgehead atoms. The molecule has 0 spiro atoms. The fraction of sp³-hybridized carbons (Fsp3) is 0.727. The second kappa shape index (κ2) is 5.13. The van der Waals surface area contributed by atoms with Gasteiger partial charge >= 0.3 is 0 Å². The Hall–Kier alpha value is -0.590. The van der Waals surface area contributed by atoms with E-state index in [0.29, 0.717) is 5.78 Å². The van der Waals surface area contributed by atoms with Crippen LogP contribution in [0.25, 0.3) is 0 Å². The average molecular weight is 166 g/mol. The molecule has 0 unspecified atom stereocenters. The molecule has 0 aromatic rings. The highest BCUT2D eigenvalue weighted by Gasteiger charge is 2.11. The van der Waals surface area contributed by atoms with Gasteiger partial charge in [-0.3, -0.25) is 4.79 Å². The maximum Gasteiger partial charge on any atom is 0.158 e. The predicted octanol–water partition coefficient (Wildman–Crippen LogP) is 3.25. The van der Waals surface area contributed by atoms with Gasteiger partial charge in [0.15, 0.2) is 5.78 Å². The van der Waals surface area contributed by atoms with Gasteiger partial charge in [0.05, 0.1) is 0 Å². The number of Topliss-reactive ketones (excluding diaryl/α,β-unsaturated/α-hetero) is 1. The van der Waals surface area contributed by atoms with Gasteiger partial charge in [-0.15, -0.1) is 0 Å². The van der Waals surface area contributed by atoms with Crippen molar-refractivity contribution in [3.63, 3.8) is 0 Å². The van der Waals surface area contributed by atoms with E-state index in [9.17, 15) is 4.79 Å². The van der Waals surface area contributed by atoms with Crippen molar-refractivity contribution in [1.82, 2.24) is 0 Å². The molecular weight excluding hydrogens is 148 g/mol. The summed E-state index contributed by atoms with van der Waals surface area (Å²) in [5.74, 6) is 0.404. The Labute approximate surface area is 74.9 Å². The van der Waals surface area contributed by atoms with Crippen LogP contribution in [0.1, 0.15) is 51.9 Å². The van der Waals surface area contributed by atoms with Crippen molar-refractivity contribution in [3.05, 3.63) is 11.6 Å². The standard InChI is InChI=1S/C11H18O/c1-2-3-7-10-8-5-4-6-9-11(10)12/h7H,2-6,8-9H2,1H3/b10-7+. The van der Waals surface area contributed by atoms with Gasteiger partial charge in [0, 0.05) is 6.42 Å². The van der Waals surface area contributed by atoms with Gasteiger partial charge in [0.25, 0.3) is 0 Å². The maximum atomic E-state index is 11.5. The molecule has 1 heteroatoms. The molecule has 0 atom stereocenters. The molecular formula is C11H18O. The van der Waals surface area contributed by atoms with Crippen molar-refractivity contribution in [1.29, 1.82) is 0 Å². The third-order valence-electron chi connectivity index (χ3n) is 2.39. The summed E-state index contributed by atoms with van der Waals surface area (Å²) in [6.45, 7) is 2.15. The Balaban J connectivity index is 2.52. The summed E-state index contributed by atoms with van der Waals surface area (Å²) >= 11 is 0. The fourth-order valence-corrected chi connectivity index (χ4v) is 1.61. The second-order valence-corrected chi connectivity index (χ2v) is 3.50. The van der Waals surface area contributed by atoms with Gasteiger partial charge in [0.1, 0.15) is 0 Å². The van der Waals surface area contributed by atoms with Crippen molar-refractivity contribution >= 4 is 5.78 Å². The fourth-order valence-electron chi connectivity index (χ4n) is 1.61. The second-order valence-electron chi connectivity index (χ2n) is 3.50. The lowest BCUT2D eigenvalue weighted by atomic mass is 10.1. The third kappa shape index (κ3) is 2.80. The smallest absolute Gasteiger partial charge is 0.158 e. The van der Waals surface area contributed by atoms with E-state index in [1.807, 2.05) is 0 Å². The number of hydrogen-bond donors (Lipinski definition) is 0. The summed E-state index contributed by atoms with van der Waals surface area (Å²) in [4.78, 5) is 11.5. The molecule has 0 N–H and O–H groups in total. The molecule has 68 valence electrons. The number of rotatable bonds is 2. The number of ketones is 1. The van der Waals surface area contributed by atoms with Crippen LogP contribution in [0.2, 0.25) is 0 Å². The van der Waals surface area contributed by atoms with Gasteiger partial charge in [-0.2, -0.15) is 0 Å². The van der Waals surface area contributed by atoms with Gasteiger partial charge in [-0.25, -0.2) is 0 Å². The first-order chi connectivity index (χ1) is 5.84. The van der Waals surface area contributed by atoms with Crippen molar-refractivity contribution < 1.29 is 4.79 Å². The zero-order chi connectivity index (χ0) is 8.81. The first-order valence-electron chi connectivity index (χ1n) is 5.07. The number of unbranched alkanes of at least 4 members (excludes halogenated alkanes) is 1. The summed E-state index contributed by atoms with van der Waals surface area (Å²) in [6.07, 6.45) is 9.72. The quantitative estimate of drug-likeness (QED) is 0.454. The highest BCUT2D eigenvalue weighted by Crippen LogP contribution is 2.19. The highest BCUT2D eigenvalue weighted by atomic mass is 16.1. The molecule has 1 aliphatic rings. The number of carbonyl (C=O) groups is 1. The zero-order valence-electron chi connectivity index (χ0n) is 7.94. The Morgan fingerprint density at radius 1 is 1.25 bits per heavy atom. The van der Waals surface area contributed by atoms with E-state index in [-0.39, 0.29) is 0 Å². The van der Waals surface area contributed by atoms with Crippen molar-refractivity contribution in [3.8, 4) is 0 Å². The monoisotopic (exact) mass is 166 g/mol. The molecule has 1 fully saturated rings. The summed E-state index contributed by atoms with van der Waals surface area (Å²) in [6, 6.07) is 0. The van der Waals surface area contributed by atoms with Crippen LogP contribution in [0, 0.1) is 0 Å². The maximum absolute atomic E-state index is 11.5. The van der Waals surface area contributed by atoms with E-state index in [1.54, 1.807) is 0 Å². The Morgan fingerprint density at radius 3 is 2.75 bits per heavy atom. The molecule has 0 saturated heterocycles. The van der Waals surface area contributed by atoms with E-state index >= 15 is 0 Å². The van der Waals surface area contributed by atoms with Gasteiger partial charge in [-0.1, -0.05) is 25.8 Å². The van der Waals surface area contributed by atoms with Crippen LogP contribution in [0.3, 0.4) is 0 Å². The number of allylic oxidation sites excluding steroid dienone is 2. The van der Waals surface area contributed by atoms with Crippen molar-refractivity contribution in [2.45, 2.75) is 51.9 Å². The first kappa shape index (κ1) is 9.50. The summed E-state index contributed by atoms with van der Waals surface area (Å²) < 4.78 is 0. The van der Waals surface area contributed by atoms with Crippen LogP contribution in [0.5, 0.6) is 0 Å². The van der Waals surface area contributed by atoms with Gasteiger partial charge < -0.3 is 0 Å². The first-order valence-corrected chi connectivity index (χ1v) is 5.07. The lowest BCUT2D eigenvalue weighted by molar-refractivity contribution is -0.115. The molecule has 0 aliphatic heterocycles.